The molecule has 0 bridgehead atoms. The second-order valence-corrected chi connectivity index (χ2v) is 7.37. The molecule has 1 aromatic rings. The Bertz CT molecular complexity index is 475. The third-order valence-corrected chi connectivity index (χ3v) is 4.54. The molecule has 0 aliphatic carbocycles. The Morgan fingerprint density at radius 3 is 2.36 bits per heavy atom. The van der Waals surface area contributed by atoms with E-state index in [1.807, 2.05) is 12.4 Å². The molecule has 1 aliphatic heterocycles. The van der Waals surface area contributed by atoms with Crippen LogP contribution in [0.1, 0.15) is 47.0 Å². The van der Waals surface area contributed by atoms with E-state index in [1.54, 1.807) is 0 Å². The van der Waals surface area contributed by atoms with Crippen LogP contribution in [-0.2, 0) is 4.74 Å². The Balaban J connectivity index is 0.00000338. The van der Waals surface area contributed by atoms with E-state index in [0.29, 0.717) is 12.0 Å². The van der Waals surface area contributed by atoms with Gasteiger partial charge in [0, 0.05) is 65.7 Å². The first-order valence-corrected chi connectivity index (χ1v) is 9.66. The average molecular weight is 352 g/mol. The molecule has 1 N–H and O–H groups in total. The van der Waals surface area contributed by atoms with Crippen LogP contribution in [0.25, 0.3) is 0 Å². The van der Waals surface area contributed by atoms with Crippen LogP contribution in [0.2, 0.25) is 0 Å². The summed E-state index contributed by atoms with van der Waals surface area (Å²) in [6.07, 6.45) is 5.02. The van der Waals surface area contributed by atoms with Crippen molar-refractivity contribution in [3.8, 4) is 0 Å². The molecule has 0 radical (unpaired) electrons. The van der Waals surface area contributed by atoms with E-state index in [-0.39, 0.29) is 1.43 Å². The standard InChI is InChI=1S/C19H35N5O.H2/c1-16(2)18-14-21-19(22-15-18)24-10-8-23(9-11-24)7-5-12-25-13-6-20-17(3)4;/h14-17,20H,5-13H2,1-4H3;1H. The van der Waals surface area contributed by atoms with Gasteiger partial charge in [0.1, 0.15) is 0 Å². The van der Waals surface area contributed by atoms with Crippen molar-refractivity contribution in [2.24, 2.45) is 0 Å². The van der Waals surface area contributed by atoms with E-state index < -0.39 is 0 Å². The average Bonchev–Trinajstić information content (AvgIpc) is 2.61. The van der Waals surface area contributed by atoms with Crippen LogP contribution in [-0.4, -0.2) is 73.4 Å². The van der Waals surface area contributed by atoms with E-state index >= 15 is 0 Å². The van der Waals surface area contributed by atoms with Gasteiger partial charge in [-0.3, -0.25) is 4.90 Å². The van der Waals surface area contributed by atoms with Crippen LogP contribution in [0, 0.1) is 0 Å². The van der Waals surface area contributed by atoms with Gasteiger partial charge in [0.25, 0.3) is 0 Å². The van der Waals surface area contributed by atoms with Gasteiger partial charge in [-0.2, -0.15) is 0 Å². The smallest absolute Gasteiger partial charge is 0.225 e. The van der Waals surface area contributed by atoms with Crippen LogP contribution < -0.4 is 10.2 Å². The highest BCUT2D eigenvalue weighted by atomic mass is 16.5. The Morgan fingerprint density at radius 2 is 1.76 bits per heavy atom. The number of nitrogens with one attached hydrogen (secondary N) is 1. The second kappa shape index (κ2) is 10.7. The molecule has 0 saturated carbocycles. The summed E-state index contributed by atoms with van der Waals surface area (Å²) in [6, 6.07) is 0.533. The highest BCUT2D eigenvalue weighted by molar-refractivity contribution is 5.31. The molecular weight excluding hydrogens is 314 g/mol. The van der Waals surface area contributed by atoms with Crippen LogP contribution in [0.5, 0.6) is 0 Å². The summed E-state index contributed by atoms with van der Waals surface area (Å²) in [4.78, 5) is 13.9. The zero-order valence-electron chi connectivity index (χ0n) is 16.4. The monoisotopic (exact) mass is 351 g/mol. The Kier molecular flexibility index (Phi) is 8.58. The number of hydrogen-bond acceptors (Lipinski definition) is 6. The number of hydrogen-bond donors (Lipinski definition) is 1. The van der Waals surface area contributed by atoms with Gasteiger partial charge in [-0.05, 0) is 17.9 Å². The maximum absolute atomic E-state index is 5.68. The van der Waals surface area contributed by atoms with Crippen molar-refractivity contribution in [1.29, 1.82) is 0 Å². The van der Waals surface area contributed by atoms with Crippen molar-refractivity contribution in [2.75, 3.05) is 57.4 Å². The van der Waals surface area contributed by atoms with Crippen molar-refractivity contribution >= 4 is 5.95 Å². The lowest BCUT2D eigenvalue weighted by molar-refractivity contribution is 0.120. The first kappa shape index (κ1) is 20.1. The van der Waals surface area contributed by atoms with Crippen LogP contribution in [0.3, 0.4) is 0 Å². The molecule has 0 unspecified atom stereocenters. The van der Waals surface area contributed by atoms with Crippen molar-refractivity contribution < 1.29 is 6.16 Å². The number of anilines is 1. The van der Waals surface area contributed by atoms with Crippen LogP contribution in [0.4, 0.5) is 5.95 Å². The molecule has 2 heterocycles. The van der Waals surface area contributed by atoms with Gasteiger partial charge in [-0.15, -0.1) is 0 Å². The van der Waals surface area contributed by atoms with E-state index in [1.165, 1.54) is 5.56 Å². The van der Waals surface area contributed by atoms with Crippen LogP contribution >= 0.6 is 0 Å². The molecule has 1 aliphatic rings. The summed E-state index contributed by atoms with van der Waals surface area (Å²) in [7, 11) is 0. The molecule has 1 fully saturated rings. The zero-order chi connectivity index (χ0) is 18.1. The molecule has 6 heteroatoms. The number of nitrogens with zero attached hydrogens (tertiary/aromatic N) is 4. The number of piperazine rings is 1. The topological polar surface area (TPSA) is 53.5 Å². The number of aromatic nitrogens is 2. The van der Waals surface area contributed by atoms with Crippen LogP contribution in [0.15, 0.2) is 12.4 Å². The van der Waals surface area contributed by atoms with E-state index in [0.717, 1.165) is 64.9 Å². The quantitative estimate of drug-likeness (QED) is 0.653. The molecule has 0 spiro atoms. The van der Waals surface area contributed by atoms with Crippen molar-refractivity contribution in [2.45, 2.75) is 46.1 Å². The highest BCUT2D eigenvalue weighted by Gasteiger charge is 2.18. The first-order valence-electron chi connectivity index (χ1n) is 9.66. The Labute approximate surface area is 154 Å². The molecule has 6 nitrogen and oxygen atoms in total. The lowest BCUT2D eigenvalue weighted by Crippen LogP contribution is -2.47. The molecule has 1 aromatic heterocycles. The fraction of sp³-hybridized carbons (Fsp3) is 0.789. The molecule has 1 saturated heterocycles. The van der Waals surface area contributed by atoms with Gasteiger partial charge in [0.15, 0.2) is 0 Å². The maximum Gasteiger partial charge on any atom is 0.225 e. The molecular formula is C19H37N5O. The second-order valence-electron chi connectivity index (χ2n) is 7.37. The normalized spacial score (nSPS) is 16.2. The number of ether oxygens (including phenoxy) is 1. The van der Waals surface area contributed by atoms with Gasteiger partial charge in [-0.1, -0.05) is 27.7 Å². The predicted octanol–water partition coefficient (Wildman–Crippen LogP) is 2.37. The van der Waals surface area contributed by atoms with Gasteiger partial charge in [0.2, 0.25) is 5.95 Å². The van der Waals surface area contributed by atoms with E-state index in [4.69, 9.17) is 4.74 Å². The summed E-state index contributed by atoms with van der Waals surface area (Å²) >= 11 is 0. The fourth-order valence-electron chi connectivity index (χ4n) is 2.88. The molecule has 2 rings (SSSR count). The fourth-order valence-corrected chi connectivity index (χ4v) is 2.88. The third-order valence-electron chi connectivity index (χ3n) is 4.54. The lowest BCUT2D eigenvalue weighted by atomic mass is 10.1. The number of rotatable bonds is 10. The molecule has 25 heavy (non-hydrogen) atoms. The zero-order valence-corrected chi connectivity index (χ0v) is 16.4. The largest absolute Gasteiger partial charge is 0.380 e. The maximum atomic E-state index is 5.68. The lowest BCUT2D eigenvalue weighted by Gasteiger charge is -2.34. The minimum absolute atomic E-state index is 0. The third kappa shape index (κ3) is 7.26. The summed E-state index contributed by atoms with van der Waals surface area (Å²) < 4.78 is 5.68. The summed E-state index contributed by atoms with van der Waals surface area (Å²) in [6.45, 7) is 16.5. The minimum Gasteiger partial charge on any atom is -0.380 e. The van der Waals surface area contributed by atoms with E-state index in [2.05, 4.69) is 52.8 Å². The molecule has 144 valence electrons. The molecule has 0 amide bonds. The predicted molar refractivity (Wildman–Crippen MR) is 105 cm³/mol. The van der Waals surface area contributed by atoms with Crippen molar-refractivity contribution in [1.82, 2.24) is 20.2 Å². The highest BCUT2D eigenvalue weighted by Crippen LogP contribution is 2.15. The van der Waals surface area contributed by atoms with E-state index in [9.17, 15) is 0 Å². The summed E-state index contributed by atoms with van der Waals surface area (Å²) in [5.74, 6) is 1.35. The molecule has 0 atom stereocenters. The first-order chi connectivity index (χ1) is 12.1. The Hall–Kier alpha value is -1.24. The summed E-state index contributed by atoms with van der Waals surface area (Å²) in [5, 5.41) is 3.36. The van der Waals surface area contributed by atoms with Gasteiger partial charge in [0.05, 0.1) is 6.61 Å². The SMILES string of the molecule is CC(C)NCCOCCCN1CCN(c2ncc(C(C)C)cn2)CC1.[HH]. The Morgan fingerprint density at radius 1 is 1.08 bits per heavy atom. The van der Waals surface area contributed by atoms with Gasteiger partial charge < -0.3 is 15.0 Å². The molecule has 0 aromatic carbocycles. The summed E-state index contributed by atoms with van der Waals surface area (Å²) in [5.41, 5.74) is 1.20. The van der Waals surface area contributed by atoms with Gasteiger partial charge in [-0.25, -0.2) is 9.97 Å². The van der Waals surface area contributed by atoms with Crippen molar-refractivity contribution in [3.05, 3.63) is 18.0 Å². The minimum atomic E-state index is 0. The van der Waals surface area contributed by atoms with Gasteiger partial charge >= 0.3 is 0 Å². The van der Waals surface area contributed by atoms with Crippen molar-refractivity contribution in [3.63, 3.8) is 0 Å².